The molecule has 0 bridgehead atoms. The van der Waals surface area contributed by atoms with E-state index in [0.717, 1.165) is 19.3 Å². The van der Waals surface area contributed by atoms with Crippen LogP contribution >= 0.6 is 0 Å². The molecule has 0 spiro atoms. The predicted molar refractivity (Wildman–Crippen MR) is 69.1 cm³/mol. The molecule has 7 heteroatoms. The van der Waals surface area contributed by atoms with Crippen LogP contribution in [0.4, 0.5) is 13.2 Å². The van der Waals surface area contributed by atoms with E-state index in [4.69, 9.17) is 5.73 Å². The number of ether oxygens (including phenoxy) is 1. The van der Waals surface area contributed by atoms with E-state index < -0.39 is 12.8 Å². The van der Waals surface area contributed by atoms with Crippen LogP contribution in [0.15, 0.2) is 0 Å². The quantitative estimate of drug-likeness (QED) is 0.730. The molecule has 4 nitrogen and oxygen atoms in total. The smallest absolute Gasteiger partial charge is 0.372 e. The first kappa shape index (κ1) is 17.2. The van der Waals surface area contributed by atoms with Gasteiger partial charge in [-0.2, -0.15) is 13.2 Å². The topological polar surface area (TPSA) is 55.6 Å². The lowest BCUT2D eigenvalue weighted by Gasteiger charge is -2.32. The number of rotatable bonds is 7. The second kappa shape index (κ2) is 7.83. The minimum absolute atomic E-state index is 0.0162. The van der Waals surface area contributed by atoms with Crippen molar-refractivity contribution in [1.29, 1.82) is 0 Å². The van der Waals surface area contributed by atoms with Crippen LogP contribution in [0.3, 0.4) is 0 Å². The summed E-state index contributed by atoms with van der Waals surface area (Å²) < 4.78 is 40.2. The van der Waals surface area contributed by atoms with Gasteiger partial charge in [0.05, 0.1) is 13.0 Å². The van der Waals surface area contributed by atoms with Gasteiger partial charge >= 0.3 is 6.18 Å². The fourth-order valence-corrected chi connectivity index (χ4v) is 2.79. The maximum absolute atomic E-state index is 12.1. The fraction of sp³-hybridized carbons (Fsp3) is 0.923. The van der Waals surface area contributed by atoms with E-state index in [1.54, 1.807) is 4.90 Å². The minimum Gasteiger partial charge on any atom is -0.372 e. The van der Waals surface area contributed by atoms with E-state index in [-0.39, 0.29) is 25.0 Å². The molecule has 0 saturated heterocycles. The Morgan fingerprint density at radius 3 is 2.65 bits per heavy atom. The number of hydrogen-bond donors (Lipinski definition) is 1. The van der Waals surface area contributed by atoms with Crippen molar-refractivity contribution >= 4 is 5.91 Å². The third-order valence-corrected chi connectivity index (χ3v) is 3.71. The molecular formula is C13H23F3N2O2. The van der Waals surface area contributed by atoms with E-state index in [2.05, 4.69) is 4.74 Å². The number of alkyl halides is 3. The highest BCUT2D eigenvalue weighted by molar-refractivity contribution is 5.76. The summed E-state index contributed by atoms with van der Waals surface area (Å²) >= 11 is 0. The summed E-state index contributed by atoms with van der Waals surface area (Å²) in [5.74, 6) is 0.148. The lowest BCUT2D eigenvalue weighted by molar-refractivity contribution is -0.175. The first-order valence-electron chi connectivity index (χ1n) is 7.03. The molecule has 0 heterocycles. The zero-order chi connectivity index (χ0) is 15.2. The third-order valence-electron chi connectivity index (χ3n) is 3.71. The molecule has 0 aromatic heterocycles. The second-order valence-electron chi connectivity index (χ2n) is 5.09. The number of carbonyl (C=O) groups is 1. The van der Waals surface area contributed by atoms with Gasteiger partial charge in [-0.25, -0.2) is 0 Å². The van der Waals surface area contributed by atoms with E-state index in [1.807, 2.05) is 6.92 Å². The van der Waals surface area contributed by atoms with E-state index in [0.29, 0.717) is 19.0 Å². The standard InChI is InChI=1S/C13H23F3N2O2/c1-2-18(11-5-3-4-10(11)8-17)12(19)6-7-20-9-13(14,15)16/h10-11H,2-9,17H2,1H3. The van der Waals surface area contributed by atoms with Gasteiger partial charge in [-0.15, -0.1) is 0 Å². The van der Waals surface area contributed by atoms with Crippen molar-refractivity contribution in [3.8, 4) is 0 Å². The highest BCUT2D eigenvalue weighted by atomic mass is 19.4. The minimum atomic E-state index is -4.34. The van der Waals surface area contributed by atoms with Crippen molar-refractivity contribution in [3.05, 3.63) is 0 Å². The predicted octanol–water partition coefficient (Wildman–Crippen LogP) is 1.93. The summed E-state index contributed by atoms with van der Waals surface area (Å²) in [4.78, 5) is 13.8. The molecule has 20 heavy (non-hydrogen) atoms. The Hall–Kier alpha value is -0.820. The zero-order valence-corrected chi connectivity index (χ0v) is 11.8. The fourth-order valence-electron chi connectivity index (χ4n) is 2.79. The van der Waals surface area contributed by atoms with E-state index in [1.165, 1.54) is 0 Å². The first-order chi connectivity index (χ1) is 9.39. The van der Waals surface area contributed by atoms with Gasteiger partial charge in [0, 0.05) is 12.6 Å². The molecule has 1 aliphatic carbocycles. The molecule has 2 unspecified atom stereocenters. The van der Waals surface area contributed by atoms with Crippen molar-refractivity contribution in [2.45, 2.75) is 44.8 Å². The summed E-state index contributed by atoms with van der Waals surface area (Å²) in [6, 6.07) is 0.125. The maximum atomic E-state index is 12.1. The van der Waals surface area contributed by atoms with Gasteiger partial charge < -0.3 is 15.4 Å². The lowest BCUT2D eigenvalue weighted by atomic mass is 10.0. The summed E-state index contributed by atoms with van der Waals surface area (Å²) in [5, 5.41) is 0. The van der Waals surface area contributed by atoms with Gasteiger partial charge in [0.2, 0.25) is 5.91 Å². The Balaban J connectivity index is 2.39. The summed E-state index contributed by atoms with van der Waals surface area (Å²) in [5.41, 5.74) is 5.70. The average molecular weight is 296 g/mol. The number of nitrogens with two attached hydrogens (primary N) is 1. The van der Waals surface area contributed by atoms with Gasteiger partial charge in [-0.3, -0.25) is 4.79 Å². The third kappa shape index (κ3) is 5.28. The van der Waals surface area contributed by atoms with Gasteiger partial charge in [-0.05, 0) is 32.2 Å². The van der Waals surface area contributed by atoms with Crippen molar-refractivity contribution < 1.29 is 22.7 Å². The Bertz CT molecular complexity index is 310. The van der Waals surface area contributed by atoms with Gasteiger partial charge in [0.1, 0.15) is 6.61 Å². The van der Waals surface area contributed by atoms with Gasteiger partial charge in [-0.1, -0.05) is 6.42 Å². The molecule has 0 aromatic rings. The van der Waals surface area contributed by atoms with Crippen molar-refractivity contribution in [1.82, 2.24) is 4.90 Å². The first-order valence-corrected chi connectivity index (χ1v) is 7.03. The molecule has 2 N–H and O–H groups in total. The van der Waals surface area contributed by atoms with Crippen LogP contribution in [0.25, 0.3) is 0 Å². The van der Waals surface area contributed by atoms with Crippen LogP contribution in [-0.4, -0.2) is 49.3 Å². The molecule has 1 aliphatic rings. The van der Waals surface area contributed by atoms with Gasteiger partial charge in [0.25, 0.3) is 0 Å². The molecule has 0 aliphatic heterocycles. The molecule has 0 aromatic carbocycles. The number of amides is 1. The van der Waals surface area contributed by atoms with Crippen molar-refractivity contribution in [3.63, 3.8) is 0 Å². The molecule has 118 valence electrons. The number of carbonyl (C=O) groups excluding carboxylic acids is 1. The SMILES string of the molecule is CCN(C(=O)CCOCC(F)(F)F)C1CCCC1CN. The zero-order valence-electron chi connectivity index (χ0n) is 11.8. The summed E-state index contributed by atoms with van der Waals surface area (Å²) in [7, 11) is 0. The molecule has 1 rings (SSSR count). The molecule has 0 radical (unpaired) electrons. The van der Waals surface area contributed by atoms with Crippen LogP contribution in [0.2, 0.25) is 0 Å². The monoisotopic (exact) mass is 296 g/mol. The highest BCUT2D eigenvalue weighted by Gasteiger charge is 2.33. The largest absolute Gasteiger partial charge is 0.411 e. The number of halogens is 3. The Labute approximate surface area is 117 Å². The molecular weight excluding hydrogens is 273 g/mol. The van der Waals surface area contributed by atoms with Crippen LogP contribution in [-0.2, 0) is 9.53 Å². The molecule has 1 saturated carbocycles. The van der Waals surface area contributed by atoms with Crippen LogP contribution < -0.4 is 5.73 Å². The Morgan fingerprint density at radius 2 is 2.10 bits per heavy atom. The van der Waals surface area contributed by atoms with Crippen molar-refractivity contribution in [2.24, 2.45) is 11.7 Å². The second-order valence-corrected chi connectivity index (χ2v) is 5.09. The van der Waals surface area contributed by atoms with Crippen LogP contribution in [0.1, 0.15) is 32.6 Å². The Morgan fingerprint density at radius 1 is 1.40 bits per heavy atom. The average Bonchev–Trinajstić information content (AvgIpc) is 2.83. The molecule has 2 atom stereocenters. The Kier molecular flexibility index (Phi) is 6.75. The number of hydrogen-bond acceptors (Lipinski definition) is 3. The molecule has 1 amide bonds. The molecule has 1 fully saturated rings. The van der Waals surface area contributed by atoms with Crippen molar-refractivity contribution in [2.75, 3.05) is 26.3 Å². The van der Waals surface area contributed by atoms with E-state index in [9.17, 15) is 18.0 Å². The summed E-state index contributed by atoms with van der Waals surface area (Å²) in [6.45, 7) is 1.47. The summed E-state index contributed by atoms with van der Waals surface area (Å²) in [6.07, 6.45) is -1.39. The number of nitrogens with zero attached hydrogens (tertiary/aromatic N) is 1. The van der Waals surface area contributed by atoms with Gasteiger partial charge in [0.15, 0.2) is 0 Å². The van der Waals surface area contributed by atoms with E-state index >= 15 is 0 Å². The normalized spacial score (nSPS) is 23.1. The highest BCUT2D eigenvalue weighted by Crippen LogP contribution is 2.29. The maximum Gasteiger partial charge on any atom is 0.411 e. The lowest BCUT2D eigenvalue weighted by Crippen LogP contribution is -2.44. The van der Waals surface area contributed by atoms with Crippen LogP contribution in [0.5, 0.6) is 0 Å². The van der Waals surface area contributed by atoms with Crippen LogP contribution in [0, 0.1) is 5.92 Å².